The summed E-state index contributed by atoms with van der Waals surface area (Å²) >= 11 is 0. The fourth-order valence-electron chi connectivity index (χ4n) is 3.83. The second-order valence-electron chi connectivity index (χ2n) is 7.88. The van der Waals surface area contributed by atoms with Crippen molar-refractivity contribution in [1.82, 2.24) is 14.4 Å². The van der Waals surface area contributed by atoms with Crippen LogP contribution in [-0.2, 0) is 16.6 Å². The Labute approximate surface area is 193 Å². The number of anilines is 1. The number of nitrogens with one attached hydrogen (secondary N) is 1. The minimum Gasteiger partial charge on any atom is -0.497 e. The maximum absolute atomic E-state index is 13.1. The number of hydrogen-bond donors (Lipinski definition) is 1. The molecule has 3 aromatic rings. The highest BCUT2D eigenvalue weighted by molar-refractivity contribution is 7.89. The molecule has 0 atom stereocenters. The number of ether oxygens (including phenoxy) is 2. The Hall–Kier alpha value is -3.11. The van der Waals surface area contributed by atoms with E-state index in [4.69, 9.17) is 14.0 Å². The van der Waals surface area contributed by atoms with Crippen LogP contribution >= 0.6 is 0 Å². The first-order valence-electron chi connectivity index (χ1n) is 10.8. The van der Waals surface area contributed by atoms with Crippen molar-refractivity contribution in [2.75, 3.05) is 32.6 Å². The Morgan fingerprint density at radius 3 is 2.58 bits per heavy atom. The zero-order valence-electron chi connectivity index (χ0n) is 19.0. The first kappa shape index (κ1) is 23.1. The number of methoxy groups -OCH3 is 2. The molecule has 0 saturated carbocycles. The average molecular weight is 473 g/mol. The van der Waals surface area contributed by atoms with Gasteiger partial charge < -0.3 is 19.3 Å². The van der Waals surface area contributed by atoms with Crippen LogP contribution < -0.4 is 14.8 Å². The summed E-state index contributed by atoms with van der Waals surface area (Å²) in [6.45, 7) is 3.20. The Morgan fingerprint density at radius 1 is 1.06 bits per heavy atom. The quantitative estimate of drug-likeness (QED) is 0.527. The molecule has 33 heavy (non-hydrogen) atoms. The predicted molar refractivity (Wildman–Crippen MR) is 124 cm³/mol. The van der Waals surface area contributed by atoms with E-state index in [0.29, 0.717) is 52.4 Å². The molecule has 2 aromatic carbocycles. The van der Waals surface area contributed by atoms with Crippen LogP contribution in [-0.4, -0.2) is 50.2 Å². The molecule has 0 radical (unpaired) electrons. The van der Waals surface area contributed by atoms with Crippen LogP contribution in [0.3, 0.4) is 0 Å². The molecular weight excluding hydrogens is 444 g/mol. The van der Waals surface area contributed by atoms with Crippen LogP contribution in [0.25, 0.3) is 11.4 Å². The number of hydrogen-bond acceptors (Lipinski definition) is 8. The van der Waals surface area contributed by atoms with Gasteiger partial charge in [0.25, 0.3) is 0 Å². The van der Waals surface area contributed by atoms with Crippen LogP contribution in [0, 0.1) is 6.92 Å². The van der Waals surface area contributed by atoms with E-state index in [9.17, 15) is 8.42 Å². The average Bonchev–Trinajstić information content (AvgIpc) is 3.32. The minimum atomic E-state index is -3.53. The van der Waals surface area contributed by atoms with Crippen LogP contribution in [0.15, 0.2) is 45.8 Å². The largest absolute Gasteiger partial charge is 0.497 e. The predicted octanol–water partition coefficient (Wildman–Crippen LogP) is 3.85. The summed E-state index contributed by atoms with van der Waals surface area (Å²) in [5.74, 6) is 1.99. The third-order valence-electron chi connectivity index (χ3n) is 5.68. The first-order valence-corrected chi connectivity index (χ1v) is 12.3. The lowest BCUT2D eigenvalue weighted by atomic mass is 10.2. The van der Waals surface area contributed by atoms with Crippen molar-refractivity contribution >= 4 is 15.7 Å². The van der Waals surface area contributed by atoms with Crippen molar-refractivity contribution in [3.05, 3.63) is 47.9 Å². The van der Waals surface area contributed by atoms with Gasteiger partial charge in [-0.25, -0.2) is 8.42 Å². The molecule has 1 aromatic heterocycles. The van der Waals surface area contributed by atoms with Crippen molar-refractivity contribution in [3.63, 3.8) is 0 Å². The van der Waals surface area contributed by atoms with E-state index in [1.807, 2.05) is 13.0 Å². The standard InChI is InChI=1S/C23H28N4O5S/c1-16-7-8-17(13-21(16)33(28,29)27-11-5-4-6-12-27)24-15-22-25-23(26-32-22)19-10-9-18(30-2)14-20(19)31-3/h7-10,13-14,24H,4-6,11-12,15H2,1-3H3. The molecule has 0 unspecified atom stereocenters. The van der Waals surface area contributed by atoms with Gasteiger partial charge in [0, 0.05) is 24.8 Å². The van der Waals surface area contributed by atoms with E-state index in [2.05, 4.69) is 15.5 Å². The second-order valence-corrected chi connectivity index (χ2v) is 9.78. The Kier molecular flexibility index (Phi) is 6.85. The molecule has 0 amide bonds. The van der Waals surface area contributed by atoms with Gasteiger partial charge in [0.2, 0.25) is 21.7 Å². The molecule has 1 fully saturated rings. The van der Waals surface area contributed by atoms with E-state index in [1.54, 1.807) is 48.9 Å². The Morgan fingerprint density at radius 2 is 1.85 bits per heavy atom. The molecule has 0 spiro atoms. The zero-order chi connectivity index (χ0) is 23.4. The monoisotopic (exact) mass is 472 g/mol. The molecule has 10 heteroatoms. The lowest BCUT2D eigenvalue weighted by Gasteiger charge is -2.26. The van der Waals surface area contributed by atoms with Crippen molar-refractivity contribution < 1.29 is 22.4 Å². The fourth-order valence-corrected chi connectivity index (χ4v) is 5.60. The highest BCUT2D eigenvalue weighted by atomic mass is 32.2. The number of sulfonamides is 1. The maximum atomic E-state index is 13.1. The molecule has 2 heterocycles. The third-order valence-corrected chi connectivity index (χ3v) is 7.72. The molecule has 0 bridgehead atoms. The third kappa shape index (κ3) is 4.96. The number of rotatable bonds is 8. The molecule has 1 N–H and O–H groups in total. The normalized spacial score (nSPS) is 14.8. The molecule has 1 aliphatic rings. The lowest BCUT2D eigenvalue weighted by Crippen LogP contribution is -2.36. The van der Waals surface area contributed by atoms with Crippen molar-refractivity contribution in [2.45, 2.75) is 37.6 Å². The number of aromatic nitrogens is 2. The molecule has 1 saturated heterocycles. The van der Waals surface area contributed by atoms with Crippen molar-refractivity contribution in [2.24, 2.45) is 0 Å². The second kappa shape index (κ2) is 9.80. The molecule has 1 aliphatic heterocycles. The van der Waals surface area contributed by atoms with Gasteiger partial charge in [-0.3, -0.25) is 0 Å². The first-order chi connectivity index (χ1) is 15.9. The van der Waals surface area contributed by atoms with E-state index >= 15 is 0 Å². The maximum Gasteiger partial charge on any atom is 0.246 e. The van der Waals surface area contributed by atoms with E-state index in [1.165, 1.54) is 0 Å². The van der Waals surface area contributed by atoms with E-state index in [0.717, 1.165) is 24.8 Å². The van der Waals surface area contributed by atoms with Crippen LogP contribution in [0.4, 0.5) is 5.69 Å². The van der Waals surface area contributed by atoms with E-state index in [-0.39, 0.29) is 6.54 Å². The zero-order valence-corrected chi connectivity index (χ0v) is 19.8. The van der Waals surface area contributed by atoms with E-state index < -0.39 is 10.0 Å². The SMILES string of the molecule is COc1ccc(-c2noc(CNc3ccc(C)c(S(=O)(=O)N4CCCCC4)c3)n2)c(OC)c1. The van der Waals surface area contributed by atoms with Crippen LogP contribution in [0.5, 0.6) is 11.5 Å². The minimum absolute atomic E-state index is 0.248. The van der Waals surface area contributed by atoms with Gasteiger partial charge >= 0.3 is 0 Å². The summed E-state index contributed by atoms with van der Waals surface area (Å²) in [7, 11) is -0.378. The fraction of sp³-hybridized carbons (Fsp3) is 0.391. The number of aryl methyl sites for hydroxylation is 1. The van der Waals surface area contributed by atoms with Gasteiger partial charge in [-0.2, -0.15) is 9.29 Å². The summed E-state index contributed by atoms with van der Waals surface area (Å²) in [5, 5.41) is 7.23. The molecule has 0 aliphatic carbocycles. The van der Waals surface area contributed by atoms with Crippen LogP contribution in [0.2, 0.25) is 0 Å². The van der Waals surface area contributed by atoms with Gasteiger partial charge in [0.05, 0.1) is 31.2 Å². The van der Waals surface area contributed by atoms with Gasteiger partial charge in [-0.05, 0) is 49.6 Å². The van der Waals surface area contributed by atoms with Gasteiger partial charge in [0.15, 0.2) is 0 Å². The lowest BCUT2D eigenvalue weighted by molar-refractivity contribution is 0.346. The molecular formula is C23H28N4O5S. The topological polar surface area (TPSA) is 107 Å². The highest BCUT2D eigenvalue weighted by Gasteiger charge is 2.27. The van der Waals surface area contributed by atoms with Crippen molar-refractivity contribution in [3.8, 4) is 22.9 Å². The molecule has 176 valence electrons. The summed E-state index contributed by atoms with van der Waals surface area (Å²) < 4.78 is 43.9. The highest BCUT2D eigenvalue weighted by Crippen LogP contribution is 2.32. The Balaban J connectivity index is 1.50. The molecule has 9 nitrogen and oxygen atoms in total. The number of nitrogens with zero attached hydrogens (tertiary/aromatic N) is 3. The Bertz CT molecular complexity index is 1220. The number of piperidine rings is 1. The number of benzene rings is 2. The van der Waals surface area contributed by atoms with Gasteiger partial charge in [-0.1, -0.05) is 17.6 Å². The molecule has 4 rings (SSSR count). The van der Waals surface area contributed by atoms with Gasteiger partial charge in [0.1, 0.15) is 11.5 Å². The summed E-state index contributed by atoms with van der Waals surface area (Å²) in [6, 6.07) is 10.7. The van der Waals surface area contributed by atoms with Crippen LogP contribution in [0.1, 0.15) is 30.7 Å². The summed E-state index contributed by atoms with van der Waals surface area (Å²) in [5.41, 5.74) is 2.06. The summed E-state index contributed by atoms with van der Waals surface area (Å²) in [4.78, 5) is 4.76. The smallest absolute Gasteiger partial charge is 0.246 e. The summed E-state index contributed by atoms with van der Waals surface area (Å²) in [6.07, 6.45) is 2.87. The van der Waals surface area contributed by atoms with Crippen molar-refractivity contribution in [1.29, 1.82) is 0 Å². The van der Waals surface area contributed by atoms with Gasteiger partial charge in [-0.15, -0.1) is 0 Å².